The molecule has 14 heavy (non-hydrogen) atoms. The molecule has 0 saturated heterocycles. The van der Waals surface area contributed by atoms with Gasteiger partial charge in [-0.05, 0) is 6.92 Å². The van der Waals surface area contributed by atoms with E-state index in [0.717, 1.165) is 4.63 Å². The fourth-order valence-electron chi connectivity index (χ4n) is 1.11. The third-order valence-electron chi connectivity index (χ3n) is 1.67. The maximum Gasteiger partial charge on any atom is 0.280 e. The number of hydrogen-bond donors (Lipinski definition) is 1. The summed E-state index contributed by atoms with van der Waals surface area (Å²) in [6, 6.07) is 1.53. The van der Waals surface area contributed by atoms with Crippen molar-refractivity contribution in [2.24, 2.45) is 0 Å². The third-order valence-corrected chi connectivity index (χ3v) is 1.67. The molecule has 6 nitrogen and oxygen atoms in total. The van der Waals surface area contributed by atoms with Crippen molar-refractivity contribution >= 4 is 5.52 Å². The molecule has 2 rings (SSSR count). The highest BCUT2D eigenvalue weighted by atomic mass is 19.1. The van der Waals surface area contributed by atoms with Crippen LogP contribution in [-0.2, 0) is 0 Å². The van der Waals surface area contributed by atoms with Gasteiger partial charge in [0.25, 0.3) is 5.56 Å². The van der Waals surface area contributed by atoms with E-state index in [1.54, 1.807) is 0 Å². The van der Waals surface area contributed by atoms with Crippen molar-refractivity contribution in [1.82, 2.24) is 19.8 Å². The zero-order valence-corrected chi connectivity index (χ0v) is 7.08. The quantitative estimate of drug-likeness (QED) is 0.624. The Kier molecular flexibility index (Phi) is 1.57. The maximum absolute atomic E-state index is 13.3. The van der Waals surface area contributed by atoms with Gasteiger partial charge in [0.2, 0.25) is 5.69 Å². The molecule has 0 amide bonds. The minimum absolute atomic E-state index is 0.300. The van der Waals surface area contributed by atoms with Crippen LogP contribution in [0, 0.1) is 24.1 Å². The number of hydrogen-bond acceptors (Lipinski definition) is 4. The zero-order chi connectivity index (χ0) is 10.3. The molecular formula is C7H4FN5O. The fraction of sp³-hybridized carbons (Fsp3) is 0.143. The van der Waals surface area contributed by atoms with Gasteiger partial charge >= 0.3 is 0 Å². The van der Waals surface area contributed by atoms with Gasteiger partial charge in [-0.3, -0.25) is 4.79 Å². The number of nitrogens with zero attached hydrogens (tertiary/aromatic N) is 4. The van der Waals surface area contributed by atoms with Crippen molar-refractivity contribution in [2.75, 3.05) is 0 Å². The Balaban J connectivity index is 3.02. The van der Waals surface area contributed by atoms with E-state index in [-0.39, 0.29) is 5.52 Å². The maximum atomic E-state index is 13.3. The number of halogens is 1. The van der Waals surface area contributed by atoms with E-state index in [1.165, 1.54) is 13.0 Å². The summed E-state index contributed by atoms with van der Waals surface area (Å²) in [7, 11) is 0. The number of aromatic amines is 1. The lowest BCUT2D eigenvalue weighted by Crippen LogP contribution is -2.15. The zero-order valence-electron chi connectivity index (χ0n) is 7.08. The molecule has 0 aromatic carbocycles. The smallest absolute Gasteiger partial charge is 0.280 e. The first-order chi connectivity index (χ1) is 6.63. The van der Waals surface area contributed by atoms with Gasteiger partial charge in [-0.25, -0.2) is 4.39 Å². The van der Waals surface area contributed by atoms with Gasteiger partial charge in [0.1, 0.15) is 11.9 Å². The average molecular weight is 193 g/mol. The number of nitrogens with one attached hydrogen (secondary N) is 1. The van der Waals surface area contributed by atoms with Crippen LogP contribution in [0.25, 0.3) is 5.52 Å². The van der Waals surface area contributed by atoms with Crippen LogP contribution in [0.15, 0.2) is 4.79 Å². The van der Waals surface area contributed by atoms with Crippen LogP contribution < -0.4 is 5.56 Å². The van der Waals surface area contributed by atoms with E-state index in [4.69, 9.17) is 5.26 Å². The highest BCUT2D eigenvalue weighted by Crippen LogP contribution is 2.07. The molecular weight excluding hydrogens is 189 g/mol. The van der Waals surface area contributed by atoms with E-state index in [0.29, 0.717) is 5.82 Å². The lowest BCUT2D eigenvalue weighted by Gasteiger charge is -1.92. The molecule has 0 bridgehead atoms. The van der Waals surface area contributed by atoms with Crippen LogP contribution in [0.2, 0.25) is 0 Å². The summed E-state index contributed by atoms with van der Waals surface area (Å²) in [4.78, 5) is 13.6. The molecule has 0 aliphatic heterocycles. The van der Waals surface area contributed by atoms with Crippen LogP contribution >= 0.6 is 0 Å². The molecule has 0 unspecified atom stereocenters. The minimum atomic E-state index is -0.943. The Morgan fingerprint density at radius 1 is 1.57 bits per heavy atom. The fourth-order valence-corrected chi connectivity index (χ4v) is 1.11. The second-order valence-corrected chi connectivity index (χ2v) is 2.65. The molecule has 0 aliphatic carbocycles. The van der Waals surface area contributed by atoms with Crippen molar-refractivity contribution in [3.8, 4) is 6.07 Å². The molecule has 0 spiro atoms. The summed E-state index contributed by atoms with van der Waals surface area (Å²) >= 11 is 0. The van der Waals surface area contributed by atoms with Crippen LogP contribution in [-0.4, -0.2) is 19.8 Å². The molecule has 70 valence electrons. The molecule has 7 heteroatoms. The molecule has 0 aliphatic rings. The summed E-state index contributed by atoms with van der Waals surface area (Å²) in [5.74, 6) is -0.643. The van der Waals surface area contributed by atoms with Gasteiger partial charge in [-0.15, -0.1) is 14.8 Å². The number of aromatic nitrogens is 4. The SMILES string of the molecule is Cc1nn2nc(C#N)c(F)c2c(=O)[nH]1. The predicted octanol–water partition coefficient (Wildman–Crippen LogP) is -0.263. The molecule has 2 aromatic heterocycles. The third kappa shape index (κ3) is 0.974. The average Bonchev–Trinajstić information content (AvgIpc) is 2.42. The molecule has 0 fully saturated rings. The molecule has 2 heterocycles. The van der Waals surface area contributed by atoms with Gasteiger partial charge < -0.3 is 4.98 Å². The Morgan fingerprint density at radius 2 is 2.29 bits per heavy atom. The largest absolute Gasteiger partial charge is 0.307 e. The predicted molar refractivity (Wildman–Crippen MR) is 43.0 cm³/mol. The van der Waals surface area contributed by atoms with E-state index < -0.39 is 17.1 Å². The topological polar surface area (TPSA) is 86.8 Å². The first kappa shape index (κ1) is 8.37. The van der Waals surface area contributed by atoms with Crippen molar-refractivity contribution in [2.45, 2.75) is 6.92 Å². The van der Waals surface area contributed by atoms with Gasteiger partial charge in [0.15, 0.2) is 11.3 Å². The molecule has 0 saturated carbocycles. The lowest BCUT2D eigenvalue weighted by atomic mass is 10.4. The van der Waals surface area contributed by atoms with E-state index in [9.17, 15) is 9.18 Å². The Morgan fingerprint density at radius 3 is 2.93 bits per heavy atom. The second kappa shape index (κ2) is 2.63. The number of rotatable bonds is 0. The summed E-state index contributed by atoms with van der Waals surface area (Å²) in [6.07, 6.45) is 0. The second-order valence-electron chi connectivity index (χ2n) is 2.65. The first-order valence-corrected chi connectivity index (χ1v) is 3.69. The van der Waals surface area contributed by atoms with E-state index in [1.807, 2.05) is 0 Å². The van der Waals surface area contributed by atoms with Crippen molar-refractivity contribution < 1.29 is 4.39 Å². The van der Waals surface area contributed by atoms with Crippen molar-refractivity contribution in [3.05, 3.63) is 27.7 Å². The molecule has 2 aromatic rings. The van der Waals surface area contributed by atoms with Crippen LogP contribution in [0.1, 0.15) is 11.5 Å². The van der Waals surface area contributed by atoms with Gasteiger partial charge in [-0.1, -0.05) is 0 Å². The van der Waals surface area contributed by atoms with E-state index >= 15 is 0 Å². The number of H-pyrrole nitrogens is 1. The summed E-state index contributed by atoms with van der Waals surface area (Å²) in [5, 5.41) is 15.7. The minimum Gasteiger partial charge on any atom is -0.307 e. The number of aryl methyl sites for hydroxylation is 1. The van der Waals surface area contributed by atoms with Crippen LogP contribution in [0.3, 0.4) is 0 Å². The first-order valence-electron chi connectivity index (χ1n) is 3.69. The van der Waals surface area contributed by atoms with Crippen LogP contribution in [0.5, 0.6) is 0 Å². The highest BCUT2D eigenvalue weighted by Gasteiger charge is 2.16. The monoisotopic (exact) mass is 193 g/mol. The van der Waals surface area contributed by atoms with Crippen molar-refractivity contribution in [3.63, 3.8) is 0 Å². The Bertz CT molecular complexity index is 605. The summed E-state index contributed by atoms with van der Waals surface area (Å²) in [6.45, 7) is 1.53. The molecule has 1 N–H and O–H groups in total. The van der Waals surface area contributed by atoms with Crippen LogP contribution in [0.4, 0.5) is 4.39 Å². The number of nitriles is 1. The Labute approximate surface area is 76.6 Å². The standard InChI is InChI=1S/C7H4FN5O/c1-3-10-7(14)6-5(8)4(2-9)12-13(6)11-3/h1H3,(H,10,11,14). The van der Waals surface area contributed by atoms with Gasteiger partial charge in [0, 0.05) is 0 Å². The molecule has 0 radical (unpaired) electrons. The number of fused-ring (bicyclic) bond motifs is 1. The highest BCUT2D eigenvalue weighted by molar-refractivity contribution is 5.49. The molecule has 0 atom stereocenters. The summed E-state index contributed by atoms with van der Waals surface area (Å²) in [5.41, 5.74) is -1.43. The Hall–Kier alpha value is -2.23. The van der Waals surface area contributed by atoms with Gasteiger partial charge in [-0.2, -0.15) is 5.26 Å². The van der Waals surface area contributed by atoms with Gasteiger partial charge in [0.05, 0.1) is 0 Å². The normalized spacial score (nSPS) is 10.4. The van der Waals surface area contributed by atoms with E-state index in [2.05, 4.69) is 15.2 Å². The summed E-state index contributed by atoms with van der Waals surface area (Å²) < 4.78 is 14.1. The lowest BCUT2D eigenvalue weighted by molar-refractivity contribution is 0.632. The van der Waals surface area contributed by atoms with Crippen molar-refractivity contribution in [1.29, 1.82) is 5.26 Å².